The third kappa shape index (κ3) is 2.99. The number of phenolic OH excluding ortho intramolecular Hbond substituents is 1. The molecule has 0 aliphatic heterocycles. The van der Waals surface area contributed by atoms with E-state index in [9.17, 15) is 9.90 Å². The molecule has 110 valence electrons. The fourth-order valence-corrected chi connectivity index (χ4v) is 2.60. The zero-order chi connectivity index (χ0) is 15.5. The molecule has 4 nitrogen and oxygen atoms in total. The van der Waals surface area contributed by atoms with Crippen molar-refractivity contribution in [3.8, 4) is 17.0 Å². The van der Waals surface area contributed by atoms with Gasteiger partial charge in [-0.25, -0.2) is 0 Å². The zero-order valence-corrected chi connectivity index (χ0v) is 12.5. The van der Waals surface area contributed by atoms with E-state index in [1.165, 1.54) is 0 Å². The Kier molecular flexibility index (Phi) is 3.89. The fourth-order valence-electron chi connectivity index (χ4n) is 2.40. The van der Waals surface area contributed by atoms with E-state index < -0.39 is 0 Å². The highest BCUT2D eigenvalue weighted by Crippen LogP contribution is 2.22. The summed E-state index contributed by atoms with van der Waals surface area (Å²) in [5.74, 6) is 0.180. The zero-order valence-electron chi connectivity index (χ0n) is 11.7. The number of phenols is 1. The van der Waals surface area contributed by atoms with Crippen molar-refractivity contribution >= 4 is 12.2 Å². The Morgan fingerprint density at radius 3 is 2.50 bits per heavy atom. The highest BCUT2D eigenvalue weighted by Gasteiger charge is 2.11. The second kappa shape index (κ2) is 5.99. The minimum atomic E-state index is -0.217. The first kappa shape index (κ1) is 14.3. The van der Waals surface area contributed by atoms with Crippen molar-refractivity contribution < 1.29 is 5.11 Å². The number of rotatable bonds is 3. The summed E-state index contributed by atoms with van der Waals surface area (Å²) >= 11 is 5.08. The first-order chi connectivity index (χ1) is 10.6. The number of hydrogen-bond acceptors (Lipinski definition) is 3. The second-order valence-electron chi connectivity index (χ2n) is 4.97. The van der Waals surface area contributed by atoms with Crippen LogP contribution in [-0.2, 0) is 6.42 Å². The van der Waals surface area contributed by atoms with E-state index in [4.69, 9.17) is 12.2 Å². The number of nitrogens with one attached hydrogen (secondary N) is 2. The smallest absolute Gasteiger partial charge is 0.255 e. The molecule has 2 aromatic carbocycles. The quantitative estimate of drug-likeness (QED) is 0.649. The van der Waals surface area contributed by atoms with Gasteiger partial charge in [0.1, 0.15) is 5.75 Å². The van der Waals surface area contributed by atoms with Gasteiger partial charge in [0, 0.05) is 12.0 Å². The number of benzene rings is 2. The number of hydrogen-bond donors (Lipinski definition) is 3. The van der Waals surface area contributed by atoms with Gasteiger partial charge >= 0.3 is 0 Å². The molecule has 0 saturated heterocycles. The number of aromatic amines is 2. The maximum atomic E-state index is 12.3. The molecule has 0 bridgehead atoms. The molecule has 5 heteroatoms. The Morgan fingerprint density at radius 1 is 1.00 bits per heavy atom. The van der Waals surface area contributed by atoms with Crippen LogP contribution in [0.15, 0.2) is 59.4 Å². The third-order valence-corrected chi connectivity index (χ3v) is 3.60. The Hall–Kier alpha value is -2.66. The van der Waals surface area contributed by atoms with Crippen molar-refractivity contribution in [1.29, 1.82) is 0 Å². The first-order valence-corrected chi connectivity index (χ1v) is 7.23. The van der Waals surface area contributed by atoms with Crippen molar-refractivity contribution in [3.05, 3.63) is 80.8 Å². The SMILES string of the molecule is O=c1[nH]c(=S)[nH]c(-c2ccccc2)c1Cc1cccc(O)c1. The topological polar surface area (TPSA) is 68.9 Å². The summed E-state index contributed by atoms with van der Waals surface area (Å²) in [6.07, 6.45) is 0.403. The van der Waals surface area contributed by atoms with Crippen LogP contribution in [0.2, 0.25) is 0 Å². The Balaban J connectivity index is 2.15. The van der Waals surface area contributed by atoms with Crippen LogP contribution in [0.1, 0.15) is 11.1 Å². The summed E-state index contributed by atoms with van der Waals surface area (Å²) < 4.78 is 0.295. The highest BCUT2D eigenvalue weighted by atomic mass is 32.1. The van der Waals surface area contributed by atoms with Crippen LogP contribution in [-0.4, -0.2) is 15.1 Å². The average molecular weight is 310 g/mol. The molecular weight excluding hydrogens is 296 g/mol. The van der Waals surface area contributed by atoms with E-state index in [0.29, 0.717) is 22.4 Å². The molecule has 0 aliphatic carbocycles. The van der Waals surface area contributed by atoms with Crippen LogP contribution in [0.3, 0.4) is 0 Å². The van der Waals surface area contributed by atoms with E-state index in [1.54, 1.807) is 18.2 Å². The minimum absolute atomic E-state index is 0.180. The maximum Gasteiger partial charge on any atom is 0.255 e. The molecule has 3 rings (SSSR count). The van der Waals surface area contributed by atoms with Gasteiger partial charge in [0.25, 0.3) is 5.56 Å². The Bertz CT molecular complexity index is 914. The highest BCUT2D eigenvalue weighted by molar-refractivity contribution is 7.71. The lowest BCUT2D eigenvalue weighted by Gasteiger charge is -2.09. The summed E-state index contributed by atoms with van der Waals surface area (Å²) in [5.41, 5.74) is 2.83. The number of aromatic hydroxyl groups is 1. The van der Waals surface area contributed by atoms with Crippen molar-refractivity contribution in [2.75, 3.05) is 0 Å². The fraction of sp³-hybridized carbons (Fsp3) is 0.0588. The van der Waals surface area contributed by atoms with Gasteiger partial charge in [0.05, 0.1) is 5.69 Å². The molecule has 22 heavy (non-hydrogen) atoms. The predicted molar refractivity (Wildman–Crippen MR) is 88.6 cm³/mol. The lowest BCUT2D eigenvalue weighted by molar-refractivity contribution is 0.474. The van der Waals surface area contributed by atoms with Gasteiger partial charge in [-0.3, -0.25) is 9.78 Å². The second-order valence-corrected chi connectivity index (χ2v) is 5.38. The van der Waals surface area contributed by atoms with Crippen LogP contribution in [0.5, 0.6) is 5.75 Å². The molecular formula is C17H14N2O2S. The first-order valence-electron chi connectivity index (χ1n) is 6.82. The molecule has 0 fully saturated rings. The van der Waals surface area contributed by atoms with E-state index in [0.717, 1.165) is 11.1 Å². The van der Waals surface area contributed by atoms with Crippen LogP contribution in [0.25, 0.3) is 11.3 Å². The molecule has 0 radical (unpaired) electrons. The van der Waals surface area contributed by atoms with Gasteiger partial charge in [0.15, 0.2) is 4.77 Å². The molecule has 0 saturated carbocycles. The molecule has 0 aliphatic rings. The van der Waals surface area contributed by atoms with Crippen molar-refractivity contribution in [2.45, 2.75) is 6.42 Å². The summed E-state index contributed by atoms with van der Waals surface area (Å²) in [6.45, 7) is 0. The predicted octanol–water partition coefficient (Wildman–Crippen LogP) is 3.40. The van der Waals surface area contributed by atoms with Crippen LogP contribution < -0.4 is 5.56 Å². The molecule has 3 aromatic rings. The van der Waals surface area contributed by atoms with Gasteiger partial charge in [0.2, 0.25) is 0 Å². The van der Waals surface area contributed by atoms with Gasteiger partial charge < -0.3 is 10.1 Å². The van der Waals surface area contributed by atoms with Gasteiger partial charge in [-0.2, -0.15) is 0 Å². The largest absolute Gasteiger partial charge is 0.508 e. The van der Waals surface area contributed by atoms with E-state index in [1.807, 2.05) is 36.4 Å². The Morgan fingerprint density at radius 2 is 1.77 bits per heavy atom. The van der Waals surface area contributed by atoms with E-state index in [2.05, 4.69) is 9.97 Å². The number of H-pyrrole nitrogens is 2. The van der Waals surface area contributed by atoms with Crippen LogP contribution >= 0.6 is 12.2 Å². The lowest BCUT2D eigenvalue weighted by Crippen LogP contribution is -2.16. The third-order valence-electron chi connectivity index (χ3n) is 3.40. The summed E-state index contributed by atoms with van der Waals surface area (Å²) in [6, 6.07) is 16.5. The Labute approximate surface area is 132 Å². The van der Waals surface area contributed by atoms with Gasteiger partial charge in [-0.1, -0.05) is 42.5 Å². The monoisotopic (exact) mass is 310 g/mol. The molecule has 0 spiro atoms. The maximum absolute atomic E-state index is 12.3. The van der Waals surface area contributed by atoms with E-state index in [-0.39, 0.29) is 11.3 Å². The number of aromatic nitrogens is 2. The molecule has 3 N–H and O–H groups in total. The average Bonchev–Trinajstić information content (AvgIpc) is 2.51. The van der Waals surface area contributed by atoms with Gasteiger partial charge in [-0.15, -0.1) is 0 Å². The lowest BCUT2D eigenvalue weighted by atomic mass is 10.0. The summed E-state index contributed by atoms with van der Waals surface area (Å²) in [7, 11) is 0. The molecule has 0 amide bonds. The van der Waals surface area contributed by atoms with Crippen LogP contribution in [0.4, 0.5) is 0 Å². The molecule has 1 heterocycles. The molecule has 1 aromatic heterocycles. The normalized spacial score (nSPS) is 10.5. The summed E-state index contributed by atoms with van der Waals surface area (Å²) in [4.78, 5) is 18.0. The van der Waals surface area contributed by atoms with Crippen molar-refractivity contribution in [3.63, 3.8) is 0 Å². The minimum Gasteiger partial charge on any atom is -0.508 e. The summed E-state index contributed by atoms with van der Waals surface area (Å²) in [5, 5.41) is 9.58. The van der Waals surface area contributed by atoms with E-state index >= 15 is 0 Å². The molecule has 0 atom stereocenters. The van der Waals surface area contributed by atoms with Crippen molar-refractivity contribution in [2.24, 2.45) is 0 Å². The van der Waals surface area contributed by atoms with Crippen LogP contribution in [0, 0.1) is 4.77 Å². The molecule has 0 unspecified atom stereocenters. The van der Waals surface area contributed by atoms with Gasteiger partial charge in [-0.05, 0) is 35.5 Å². The standard InChI is InChI=1S/C17H14N2O2S/c20-13-8-4-5-11(9-13)10-14-15(12-6-2-1-3-7-12)18-17(22)19-16(14)21/h1-9,20H,10H2,(H2,18,19,21,22). The van der Waals surface area contributed by atoms with Crippen molar-refractivity contribution in [1.82, 2.24) is 9.97 Å².